The largest absolute Gasteiger partial charge is 0.491 e. The van der Waals surface area contributed by atoms with Crippen molar-refractivity contribution in [2.45, 2.75) is 12.3 Å². The Balaban J connectivity index is 2.44. The molecule has 0 fully saturated rings. The van der Waals surface area contributed by atoms with Gasteiger partial charge in [-0.25, -0.2) is 0 Å². The lowest BCUT2D eigenvalue weighted by molar-refractivity contribution is 0.272. The zero-order valence-electron chi connectivity index (χ0n) is 7.35. The van der Waals surface area contributed by atoms with Crippen LogP contribution in [-0.4, -0.2) is 29.1 Å². The molecular weight excluding hydrogens is 188 g/mol. The topological polar surface area (TPSA) is 42.4 Å². The van der Waals surface area contributed by atoms with Crippen LogP contribution in [0.3, 0.4) is 0 Å². The number of aromatic nitrogens is 1. The predicted octanol–water partition coefficient (Wildman–Crippen LogP) is 0.413. The molecule has 5 heteroatoms. The van der Waals surface area contributed by atoms with E-state index in [2.05, 4.69) is 4.98 Å². The van der Waals surface area contributed by atoms with Gasteiger partial charge in [0.1, 0.15) is 0 Å². The van der Waals surface area contributed by atoms with E-state index in [9.17, 15) is 5.02 Å². The molecule has 1 aromatic rings. The van der Waals surface area contributed by atoms with Crippen molar-refractivity contribution < 1.29 is 9.68 Å². The Labute approximate surface area is 82.8 Å². The van der Waals surface area contributed by atoms with E-state index < -0.39 is 7.12 Å². The van der Waals surface area contributed by atoms with Gasteiger partial charge in [0.25, 0.3) is 0 Å². The molecule has 1 rings (SSSR count). The van der Waals surface area contributed by atoms with E-state index in [-0.39, 0.29) is 5.38 Å². The number of alkyl halides is 1. The highest BCUT2D eigenvalue weighted by Gasteiger charge is 2.16. The van der Waals surface area contributed by atoms with Crippen LogP contribution in [0, 0.1) is 0 Å². The van der Waals surface area contributed by atoms with E-state index in [1.165, 1.54) is 0 Å². The third-order valence-electron chi connectivity index (χ3n) is 1.48. The second-order valence-corrected chi connectivity index (χ2v) is 3.49. The van der Waals surface area contributed by atoms with Crippen molar-refractivity contribution in [1.82, 2.24) is 4.98 Å². The van der Waals surface area contributed by atoms with Crippen LogP contribution in [0.25, 0.3) is 0 Å². The highest BCUT2D eigenvalue weighted by molar-refractivity contribution is 6.59. The number of pyridine rings is 1. The molecule has 13 heavy (non-hydrogen) atoms. The first-order valence-electron chi connectivity index (χ1n) is 4.04. The summed E-state index contributed by atoms with van der Waals surface area (Å²) in [4.78, 5) is 3.83. The van der Waals surface area contributed by atoms with Crippen molar-refractivity contribution >= 4 is 24.2 Å². The molecule has 0 saturated carbocycles. The molecule has 0 aromatic carbocycles. The summed E-state index contributed by atoms with van der Waals surface area (Å²) in [6.07, 6.45) is 3.21. The van der Waals surface area contributed by atoms with Gasteiger partial charge in [0.2, 0.25) is 0 Å². The maximum atomic E-state index is 9.46. The van der Waals surface area contributed by atoms with Crippen LogP contribution in [0.2, 0.25) is 0 Å². The Kier molecular flexibility index (Phi) is 4.22. The number of rotatable bonds is 4. The fourth-order valence-corrected chi connectivity index (χ4v) is 0.921. The van der Waals surface area contributed by atoms with Crippen molar-refractivity contribution in [3.8, 4) is 0 Å². The van der Waals surface area contributed by atoms with Gasteiger partial charge in [0.05, 0.1) is 5.38 Å². The molecule has 1 N–H and O–H groups in total. The highest BCUT2D eigenvalue weighted by atomic mass is 35.5. The summed E-state index contributed by atoms with van der Waals surface area (Å²) in [6.45, 7) is 2.13. The third-order valence-corrected chi connectivity index (χ3v) is 1.60. The van der Waals surface area contributed by atoms with Crippen LogP contribution in [0.4, 0.5) is 0 Å². The smallest absolute Gasteiger partial charge is 0.423 e. The van der Waals surface area contributed by atoms with E-state index in [1.54, 1.807) is 31.5 Å². The molecule has 0 aliphatic heterocycles. The predicted molar refractivity (Wildman–Crippen MR) is 53.1 cm³/mol. The molecule has 70 valence electrons. The molecule has 0 aliphatic carbocycles. The normalized spacial score (nSPS) is 12.5. The summed E-state index contributed by atoms with van der Waals surface area (Å²) in [5.41, 5.74) is 0.687. The lowest BCUT2D eigenvalue weighted by Gasteiger charge is -2.08. The van der Waals surface area contributed by atoms with Gasteiger partial charge in [0.15, 0.2) is 0 Å². The lowest BCUT2D eigenvalue weighted by atomic mass is 9.80. The minimum absolute atomic E-state index is 0.100. The van der Waals surface area contributed by atoms with Crippen molar-refractivity contribution in [3.63, 3.8) is 0 Å². The molecule has 0 radical (unpaired) electrons. The maximum Gasteiger partial charge on any atom is 0.491 e. The summed E-state index contributed by atoms with van der Waals surface area (Å²) < 4.78 is 5.09. The number of hydrogen-bond acceptors (Lipinski definition) is 3. The molecule has 0 bridgehead atoms. The lowest BCUT2D eigenvalue weighted by Crippen LogP contribution is -2.35. The zero-order valence-corrected chi connectivity index (χ0v) is 8.11. The quantitative estimate of drug-likeness (QED) is 0.564. The fraction of sp³-hybridized carbons (Fsp3) is 0.375. The minimum Gasteiger partial charge on any atom is -0.423 e. The van der Waals surface area contributed by atoms with E-state index >= 15 is 0 Å². The Hall–Kier alpha value is -0.575. The summed E-state index contributed by atoms with van der Waals surface area (Å²) in [5.74, 6) is 0. The van der Waals surface area contributed by atoms with Gasteiger partial charge in [0, 0.05) is 19.0 Å². The number of nitrogens with zero attached hydrogens (tertiary/aromatic N) is 1. The monoisotopic (exact) mass is 199 g/mol. The summed E-state index contributed by atoms with van der Waals surface area (Å²) >= 11 is 5.66. The first kappa shape index (κ1) is 10.5. The van der Waals surface area contributed by atoms with Gasteiger partial charge in [-0.3, -0.25) is 4.98 Å². The summed E-state index contributed by atoms with van der Waals surface area (Å²) in [7, 11) is -0.913. The second-order valence-electron chi connectivity index (χ2n) is 2.75. The van der Waals surface area contributed by atoms with Gasteiger partial charge in [-0.15, -0.1) is 11.6 Å². The van der Waals surface area contributed by atoms with Crippen LogP contribution < -0.4 is 5.46 Å². The molecule has 0 saturated heterocycles. The standard InChI is InChI=1S/C8H11BClNO2/c1-7(10)6-13-9(12)8-2-4-11-5-3-8/h2-5,7,12H,6H2,1H3. The van der Waals surface area contributed by atoms with Gasteiger partial charge in [-0.05, 0) is 24.5 Å². The molecule has 1 unspecified atom stereocenters. The van der Waals surface area contributed by atoms with E-state index in [0.717, 1.165) is 0 Å². The SMILES string of the molecule is CC(Cl)COB(O)c1ccncc1. The summed E-state index contributed by atoms with van der Waals surface area (Å²) in [5, 5.41) is 9.36. The van der Waals surface area contributed by atoms with Gasteiger partial charge in [-0.2, -0.15) is 0 Å². The number of hydrogen-bond donors (Lipinski definition) is 1. The second kappa shape index (κ2) is 5.22. The van der Waals surface area contributed by atoms with Gasteiger partial charge in [-0.1, -0.05) is 0 Å². The molecule has 1 aromatic heterocycles. The molecule has 0 amide bonds. The number of halogens is 1. The van der Waals surface area contributed by atoms with E-state index in [0.29, 0.717) is 12.1 Å². The Morgan fingerprint density at radius 1 is 1.62 bits per heavy atom. The van der Waals surface area contributed by atoms with Crippen molar-refractivity contribution in [1.29, 1.82) is 0 Å². The average Bonchev–Trinajstić information content (AvgIpc) is 2.15. The van der Waals surface area contributed by atoms with E-state index in [4.69, 9.17) is 16.3 Å². The molecule has 0 aliphatic rings. The van der Waals surface area contributed by atoms with E-state index in [1.807, 2.05) is 0 Å². The van der Waals surface area contributed by atoms with Crippen LogP contribution in [0.5, 0.6) is 0 Å². The van der Waals surface area contributed by atoms with Crippen molar-refractivity contribution in [3.05, 3.63) is 24.5 Å². The van der Waals surface area contributed by atoms with Crippen molar-refractivity contribution in [2.75, 3.05) is 6.61 Å². The maximum absolute atomic E-state index is 9.46. The Morgan fingerprint density at radius 2 is 2.23 bits per heavy atom. The first-order chi connectivity index (χ1) is 6.20. The van der Waals surface area contributed by atoms with Crippen LogP contribution in [0.1, 0.15) is 6.92 Å². The fourth-order valence-electron chi connectivity index (χ4n) is 0.848. The molecule has 3 nitrogen and oxygen atoms in total. The van der Waals surface area contributed by atoms with Gasteiger partial charge >= 0.3 is 7.12 Å². The molecular formula is C8H11BClNO2. The Morgan fingerprint density at radius 3 is 2.77 bits per heavy atom. The van der Waals surface area contributed by atoms with Gasteiger partial charge < -0.3 is 9.68 Å². The summed E-state index contributed by atoms with van der Waals surface area (Å²) in [6, 6.07) is 3.40. The van der Waals surface area contributed by atoms with Crippen molar-refractivity contribution in [2.24, 2.45) is 0 Å². The first-order valence-corrected chi connectivity index (χ1v) is 4.47. The van der Waals surface area contributed by atoms with Crippen LogP contribution in [-0.2, 0) is 4.65 Å². The molecule has 1 atom stereocenters. The molecule has 1 heterocycles. The van der Waals surface area contributed by atoms with Crippen LogP contribution in [0.15, 0.2) is 24.5 Å². The molecule has 0 spiro atoms. The van der Waals surface area contributed by atoms with Crippen LogP contribution >= 0.6 is 11.6 Å². The minimum atomic E-state index is -0.913. The average molecular weight is 199 g/mol. The Bertz CT molecular complexity index is 245. The third kappa shape index (κ3) is 3.76. The zero-order chi connectivity index (χ0) is 9.68. The highest BCUT2D eigenvalue weighted by Crippen LogP contribution is 1.95.